The molecule has 0 spiro atoms. The van der Waals surface area contributed by atoms with E-state index in [0.29, 0.717) is 27.1 Å². The number of hydrogen-bond donors (Lipinski definition) is 1. The van der Waals surface area contributed by atoms with Crippen LogP contribution >= 0.6 is 11.6 Å². The average Bonchev–Trinajstić information content (AvgIpc) is 2.85. The second-order valence-corrected chi connectivity index (χ2v) is 4.84. The summed E-state index contributed by atoms with van der Waals surface area (Å²) in [6.45, 7) is 0. The molecule has 1 atom stereocenters. The molecule has 0 fully saturated rings. The highest BCUT2D eigenvalue weighted by molar-refractivity contribution is 6.30. The molecule has 0 saturated heterocycles. The predicted molar refractivity (Wildman–Crippen MR) is 76.4 cm³/mol. The summed E-state index contributed by atoms with van der Waals surface area (Å²) in [7, 11) is 0. The Hall–Kier alpha value is -2.28. The average molecular weight is 284 g/mol. The van der Waals surface area contributed by atoms with Crippen LogP contribution in [0.5, 0.6) is 0 Å². The summed E-state index contributed by atoms with van der Waals surface area (Å²) in [5.41, 5.74) is 1.58. The molecule has 20 heavy (non-hydrogen) atoms. The molecule has 3 nitrogen and oxygen atoms in total. The van der Waals surface area contributed by atoms with E-state index in [1.165, 1.54) is 0 Å². The quantitative estimate of drug-likeness (QED) is 0.772. The van der Waals surface area contributed by atoms with Crippen LogP contribution in [0.15, 0.2) is 52.9 Å². The van der Waals surface area contributed by atoms with Crippen molar-refractivity contribution in [2.24, 2.45) is 0 Å². The van der Waals surface area contributed by atoms with Crippen LogP contribution in [0, 0.1) is 11.3 Å². The van der Waals surface area contributed by atoms with Gasteiger partial charge in [0, 0.05) is 10.4 Å². The lowest BCUT2D eigenvalue weighted by Crippen LogP contribution is -1.99. The van der Waals surface area contributed by atoms with Gasteiger partial charge in [-0.2, -0.15) is 5.26 Å². The van der Waals surface area contributed by atoms with E-state index in [1.54, 1.807) is 36.4 Å². The highest BCUT2D eigenvalue weighted by atomic mass is 35.5. The SMILES string of the molecule is N#Cc1c(C(O)c2ccc(Cl)cc2)oc2ccccc12. The zero-order valence-corrected chi connectivity index (χ0v) is 11.1. The normalized spacial score (nSPS) is 12.2. The fourth-order valence-corrected chi connectivity index (χ4v) is 2.29. The Labute approximate surface area is 120 Å². The monoisotopic (exact) mass is 283 g/mol. The molecule has 1 aromatic heterocycles. The first-order valence-electron chi connectivity index (χ1n) is 6.06. The van der Waals surface area contributed by atoms with Crippen molar-refractivity contribution in [3.8, 4) is 6.07 Å². The van der Waals surface area contributed by atoms with Crippen LogP contribution in [0.3, 0.4) is 0 Å². The van der Waals surface area contributed by atoms with Crippen molar-refractivity contribution in [2.75, 3.05) is 0 Å². The van der Waals surface area contributed by atoms with Crippen LogP contribution in [-0.2, 0) is 0 Å². The summed E-state index contributed by atoms with van der Waals surface area (Å²) < 4.78 is 5.63. The summed E-state index contributed by atoms with van der Waals surface area (Å²) in [4.78, 5) is 0. The Balaban J connectivity index is 2.14. The standard InChI is InChI=1S/C16H10ClNO2/c17-11-7-5-10(6-8-11)15(19)16-13(9-18)12-3-1-2-4-14(12)20-16/h1-8,15,19H. The molecule has 3 aromatic rings. The number of aliphatic hydroxyl groups is 1. The van der Waals surface area contributed by atoms with Crippen molar-refractivity contribution in [3.05, 3.63) is 70.4 Å². The van der Waals surface area contributed by atoms with Gasteiger partial charge in [0.1, 0.15) is 23.3 Å². The largest absolute Gasteiger partial charge is 0.456 e. The van der Waals surface area contributed by atoms with E-state index in [-0.39, 0.29) is 5.76 Å². The summed E-state index contributed by atoms with van der Waals surface area (Å²) in [5.74, 6) is 0.260. The van der Waals surface area contributed by atoms with Crippen molar-refractivity contribution in [1.82, 2.24) is 0 Å². The van der Waals surface area contributed by atoms with Crippen molar-refractivity contribution >= 4 is 22.6 Å². The molecule has 1 unspecified atom stereocenters. The third-order valence-corrected chi connectivity index (χ3v) is 3.42. The molecule has 0 aliphatic heterocycles. The lowest BCUT2D eigenvalue weighted by Gasteiger charge is -2.08. The highest BCUT2D eigenvalue weighted by Crippen LogP contribution is 2.32. The number of aliphatic hydroxyl groups excluding tert-OH is 1. The molecule has 0 amide bonds. The first-order valence-corrected chi connectivity index (χ1v) is 6.43. The maximum Gasteiger partial charge on any atom is 0.156 e. The third-order valence-electron chi connectivity index (χ3n) is 3.17. The third kappa shape index (κ3) is 2.05. The van der Waals surface area contributed by atoms with E-state index < -0.39 is 6.10 Å². The van der Waals surface area contributed by atoms with Gasteiger partial charge in [0.15, 0.2) is 5.76 Å². The van der Waals surface area contributed by atoms with Gasteiger partial charge in [0.25, 0.3) is 0 Å². The van der Waals surface area contributed by atoms with E-state index >= 15 is 0 Å². The van der Waals surface area contributed by atoms with E-state index in [0.717, 1.165) is 0 Å². The second-order valence-electron chi connectivity index (χ2n) is 4.40. The molecule has 3 rings (SSSR count). The Kier molecular flexibility index (Phi) is 3.19. The van der Waals surface area contributed by atoms with Crippen LogP contribution in [0.4, 0.5) is 0 Å². The van der Waals surface area contributed by atoms with E-state index in [2.05, 4.69) is 6.07 Å². The van der Waals surface area contributed by atoms with Gasteiger partial charge in [-0.05, 0) is 29.8 Å². The number of para-hydroxylation sites is 1. The molecule has 0 radical (unpaired) electrons. The van der Waals surface area contributed by atoms with Crippen LogP contribution in [0.25, 0.3) is 11.0 Å². The molecular formula is C16H10ClNO2. The highest BCUT2D eigenvalue weighted by Gasteiger charge is 2.22. The first-order chi connectivity index (χ1) is 9.70. The zero-order chi connectivity index (χ0) is 14.1. The number of hydrogen-bond acceptors (Lipinski definition) is 3. The van der Waals surface area contributed by atoms with Crippen LogP contribution in [-0.4, -0.2) is 5.11 Å². The number of rotatable bonds is 2. The van der Waals surface area contributed by atoms with E-state index in [1.807, 2.05) is 12.1 Å². The van der Waals surface area contributed by atoms with Crippen LogP contribution in [0.1, 0.15) is 23.0 Å². The summed E-state index contributed by atoms with van der Waals surface area (Å²) in [6.07, 6.45) is -0.991. The Morgan fingerprint density at radius 1 is 1.10 bits per heavy atom. The molecule has 4 heteroatoms. The molecule has 0 aliphatic rings. The molecule has 1 heterocycles. The lowest BCUT2D eigenvalue weighted by molar-refractivity contribution is 0.192. The summed E-state index contributed by atoms with van der Waals surface area (Å²) in [5, 5.41) is 21.0. The number of nitrogens with zero attached hydrogens (tertiary/aromatic N) is 1. The molecular weight excluding hydrogens is 274 g/mol. The number of furan rings is 1. The number of nitriles is 1. The minimum Gasteiger partial charge on any atom is -0.456 e. The van der Waals surface area contributed by atoms with Gasteiger partial charge in [-0.1, -0.05) is 35.9 Å². The topological polar surface area (TPSA) is 57.2 Å². The first kappa shape index (κ1) is 12.7. The maximum atomic E-state index is 10.4. The number of fused-ring (bicyclic) bond motifs is 1. The van der Waals surface area contributed by atoms with Crippen LogP contribution < -0.4 is 0 Å². The predicted octanol–water partition coefficient (Wildman–Crippen LogP) is 4.04. The van der Waals surface area contributed by atoms with Gasteiger partial charge in [-0.25, -0.2) is 0 Å². The molecule has 0 aliphatic carbocycles. The van der Waals surface area contributed by atoms with Gasteiger partial charge in [-0.15, -0.1) is 0 Å². The Morgan fingerprint density at radius 3 is 2.50 bits per heavy atom. The fraction of sp³-hybridized carbons (Fsp3) is 0.0625. The lowest BCUT2D eigenvalue weighted by atomic mass is 10.0. The van der Waals surface area contributed by atoms with Gasteiger partial charge >= 0.3 is 0 Å². The number of halogens is 1. The molecule has 1 N–H and O–H groups in total. The van der Waals surface area contributed by atoms with Crippen molar-refractivity contribution in [1.29, 1.82) is 5.26 Å². The smallest absolute Gasteiger partial charge is 0.156 e. The fourth-order valence-electron chi connectivity index (χ4n) is 2.17. The zero-order valence-electron chi connectivity index (χ0n) is 10.4. The van der Waals surface area contributed by atoms with E-state index in [4.69, 9.17) is 16.0 Å². The Morgan fingerprint density at radius 2 is 1.80 bits per heavy atom. The molecule has 98 valence electrons. The van der Waals surface area contributed by atoms with Gasteiger partial charge in [0.2, 0.25) is 0 Å². The van der Waals surface area contributed by atoms with Crippen molar-refractivity contribution in [2.45, 2.75) is 6.10 Å². The summed E-state index contributed by atoms with van der Waals surface area (Å²) >= 11 is 5.83. The molecule has 0 saturated carbocycles. The van der Waals surface area contributed by atoms with Crippen molar-refractivity contribution in [3.63, 3.8) is 0 Å². The number of benzene rings is 2. The Bertz CT molecular complexity index is 799. The van der Waals surface area contributed by atoms with Gasteiger partial charge in [0.05, 0.1) is 0 Å². The van der Waals surface area contributed by atoms with Crippen molar-refractivity contribution < 1.29 is 9.52 Å². The van der Waals surface area contributed by atoms with Crippen LogP contribution in [0.2, 0.25) is 5.02 Å². The minimum atomic E-state index is -0.991. The maximum absolute atomic E-state index is 10.4. The van der Waals surface area contributed by atoms with Gasteiger partial charge < -0.3 is 9.52 Å². The minimum absolute atomic E-state index is 0.260. The molecule has 0 bridgehead atoms. The molecule has 2 aromatic carbocycles. The van der Waals surface area contributed by atoms with E-state index in [9.17, 15) is 10.4 Å². The summed E-state index contributed by atoms with van der Waals surface area (Å²) in [6, 6.07) is 16.1. The van der Waals surface area contributed by atoms with Gasteiger partial charge in [-0.3, -0.25) is 0 Å². The second kappa shape index (κ2) is 5.01.